The second-order valence-electron chi connectivity index (χ2n) is 10.4. The number of urea groups is 1. The number of aryl methyl sites for hydroxylation is 2. The SMILES string of the molecule is Cc1ccc(C)c(C(=O)N2CCC([C@]3(Cc4cccc(F)c4)NC(=O)N(CCN(C)C)C3=O)CC2)c1. The Bertz CT molecular complexity index is 1160. The highest BCUT2D eigenvalue weighted by Gasteiger charge is 2.56. The lowest BCUT2D eigenvalue weighted by Gasteiger charge is -2.41. The van der Waals surface area contributed by atoms with Crippen LogP contribution in [0, 0.1) is 25.6 Å². The fourth-order valence-corrected chi connectivity index (χ4v) is 5.37. The summed E-state index contributed by atoms with van der Waals surface area (Å²) >= 11 is 0. The van der Waals surface area contributed by atoms with Gasteiger partial charge in [-0.2, -0.15) is 0 Å². The topological polar surface area (TPSA) is 73.0 Å². The maximum atomic E-state index is 14.0. The van der Waals surface area contributed by atoms with E-state index in [1.165, 1.54) is 17.0 Å². The van der Waals surface area contributed by atoms with E-state index in [0.717, 1.165) is 11.1 Å². The van der Waals surface area contributed by atoms with E-state index in [-0.39, 0.29) is 36.5 Å². The van der Waals surface area contributed by atoms with Crippen molar-refractivity contribution in [3.8, 4) is 0 Å². The van der Waals surface area contributed by atoms with Crippen LogP contribution in [0.3, 0.4) is 0 Å². The zero-order valence-electron chi connectivity index (χ0n) is 21.5. The zero-order chi connectivity index (χ0) is 26.0. The van der Waals surface area contributed by atoms with E-state index in [9.17, 15) is 18.8 Å². The lowest BCUT2D eigenvalue weighted by atomic mass is 9.73. The number of hydrogen-bond donors (Lipinski definition) is 1. The number of amides is 4. The van der Waals surface area contributed by atoms with Gasteiger partial charge in [-0.3, -0.25) is 14.5 Å². The summed E-state index contributed by atoms with van der Waals surface area (Å²) in [4.78, 5) is 45.1. The van der Waals surface area contributed by atoms with Gasteiger partial charge in [-0.15, -0.1) is 0 Å². The fraction of sp³-hybridized carbons (Fsp3) is 0.464. The zero-order valence-corrected chi connectivity index (χ0v) is 21.5. The van der Waals surface area contributed by atoms with Crippen molar-refractivity contribution in [3.05, 3.63) is 70.5 Å². The predicted molar refractivity (Wildman–Crippen MR) is 136 cm³/mol. The van der Waals surface area contributed by atoms with Crippen LogP contribution in [0.1, 0.15) is 39.9 Å². The third-order valence-corrected chi connectivity index (χ3v) is 7.45. The first-order valence-corrected chi connectivity index (χ1v) is 12.5. The van der Waals surface area contributed by atoms with Crippen LogP contribution in [-0.2, 0) is 11.2 Å². The fourth-order valence-electron chi connectivity index (χ4n) is 5.37. The third kappa shape index (κ3) is 5.14. The second kappa shape index (κ2) is 10.4. The first-order valence-electron chi connectivity index (χ1n) is 12.5. The molecular formula is C28H35FN4O3. The van der Waals surface area contributed by atoms with Crippen LogP contribution in [0.5, 0.6) is 0 Å². The van der Waals surface area contributed by atoms with E-state index in [4.69, 9.17) is 0 Å². The number of likely N-dealkylation sites (tertiary alicyclic amines) is 1. The van der Waals surface area contributed by atoms with Crippen LogP contribution in [0.25, 0.3) is 0 Å². The standard InChI is InChI=1S/C28H35FN4O3/c1-19-8-9-20(2)24(16-19)25(34)32-12-10-22(11-13-32)28(18-21-6-5-7-23(29)17-21)26(35)33(27(36)30-28)15-14-31(3)4/h5-9,16-17,22H,10-15,18H2,1-4H3,(H,30,36)/t28-/m0/s1. The molecule has 0 spiro atoms. The summed E-state index contributed by atoms with van der Waals surface area (Å²) in [5.74, 6) is -0.830. The number of halogens is 1. The van der Waals surface area contributed by atoms with Crippen LogP contribution in [0.2, 0.25) is 0 Å². The summed E-state index contributed by atoms with van der Waals surface area (Å²) in [5.41, 5.74) is 2.16. The van der Waals surface area contributed by atoms with Gasteiger partial charge in [0.15, 0.2) is 0 Å². The van der Waals surface area contributed by atoms with Gasteiger partial charge in [0.2, 0.25) is 0 Å². The number of piperidine rings is 1. The number of carbonyl (C=O) groups is 3. The molecule has 1 N–H and O–H groups in total. The summed E-state index contributed by atoms with van der Waals surface area (Å²) in [7, 11) is 3.78. The first-order chi connectivity index (χ1) is 17.1. The van der Waals surface area contributed by atoms with Crippen LogP contribution < -0.4 is 5.32 Å². The molecule has 4 rings (SSSR count). The van der Waals surface area contributed by atoms with E-state index < -0.39 is 11.6 Å². The molecule has 1 atom stereocenters. The Balaban J connectivity index is 1.57. The molecule has 2 heterocycles. The molecule has 0 aromatic heterocycles. The Kier molecular flexibility index (Phi) is 7.45. The normalized spacial score (nSPS) is 20.8. The largest absolute Gasteiger partial charge is 0.339 e. The molecule has 2 fully saturated rings. The van der Waals surface area contributed by atoms with E-state index in [1.807, 2.05) is 55.9 Å². The van der Waals surface area contributed by atoms with Crippen LogP contribution in [0.4, 0.5) is 9.18 Å². The van der Waals surface area contributed by atoms with Crippen molar-refractivity contribution in [2.75, 3.05) is 40.3 Å². The van der Waals surface area contributed by atoms with Gasteiger partial charge >= 0.3 is 6.03 Å². The maximum absolute atomic E-state index is 14.0. The summed E-state index contributed by atoms with van der Waals surface area (Å²) < 4.78 is 14.0. The molecule has 7 nitrogen and oxygen atoms in total. The molecule has 2 aromatic rings. The van der Waals surface area contributed by atoms with Crippen LogP contribution in [-0.4, -0.2) is 78.4 Å². The van der Waals surface area contributed by atoms with Gasteiger partial charge in [0.25, 0.3) is 11.8 Å². The number of nitrogens with one attached hydrogen (secondary N) is 1. The Hall–Kier alpha value is -3.26. The average molecular weight is 495 g/mol. The molecule has 8 heteroatoms. The minimum atomic E-state index is -1.16. The molecule has 0 bridgehead atoms. The van der Waals surface area contributed by atoms with Gasteiger partial charge in [-0.1, -0.05) is 29.8 Å². The molecular weight excluding hydrogens is 459 g/mol. The maximum Gasteiger partial charge on any atom is 0.325 e. The Morgan fingerprint density at radius 2 is 1.83 bits per heavy atom. The molecule has 192 valence electrons. The molecule has 0 saturated carbocycles. The molecule has 2 aliphatic rings. The number of hydrogen-bond acceptors (Lipinski definition) is 4. The monoisotopic (exact) mass is 494 g/mol. The Morgan fingerprint density at radius 1 is 1.11 bits per heavy atom. The highest BCUT2D eigenvalue weighted by Crippen LogP contribution is 2.37. The number of benzene rings is 2. The number of imide groups is 1. The van der Waals surface area contributed by atoms with Crippen molar-refractivity contribution in [1.82, 2.24) is 20.0 Å². The summed E-state index contributed by atoms with van der Waals surface area (Å²) in [6.07, 6.45) is 1.35. The predicted octanol–water partition coefficient (Wildman–Crippen LogP) is 3.39. The lowest BCUT2D eigenvalue weighted by Crippen LogP contribution is -2.58. The van der Waals surface area contributed by atoms with Crippen molar-refractivity contribution in [3.63, 3.8) is 0 Å². The quantitative estimate of drug-likeness (QED) is 0.599. The van der Waals surface area contributed by atoms with E-state index >= 15 is 0 Å². The number of likely N-dealkylation sites (N-methyl/N-ethyl adjacent to an activating group) is 1. The van der Waals surface area contributed by atoms with E-state index in [2.05, 4.69) is 5.32 Å². The molecule has 4 amide bonds. The highest BCUT2D eigenvalue weighted by atomic mass is 19.1. The molecule has 2 aromatic carbocycles. The Labute approximate surface area is 212 Å². The van der Waals surface area contributed by atoms with Gasteiger partial charge in [0.1, 0.15) is 11.4 Å². The van der Waals surface area contributed by atoms with Gasteiger partial charge < -0.3 is 15.1 Å². The minimum Gasteiger partial charge on any atom is -0.339 e. The Morgan fingerprint density at radius 3 is 2.50 bits per heavy atom. The lowest BCUT2D eigenvalue weighted by molar-refractivity contribution is -0.134. The number of carbonyl (C=O) groups excluding carboxylic acids is 3. The van der Waals surface area contributed by atoms with Crippen molar-refractivity contribution in [1.29, 1.82) is 0 Å². The van der Waals surface area contributed by atoms with Crippen molar-refractivity contribution < 1.29 is 18.8 Å². The minimum absolute atomic E-state index is 0.0109. The summed E-state index contributed by atoms with van der Waals surface area (Å²) in [6, 6.07) is 11.6. The molecule has 2 aliphatic heterocycles. The average Bonchev–Trinajstić information content (AvgIpc) is 3.08. The second-order valence-corrected chi connectivity index (χ2v) is 10.4. The van der Waals surface area contributed by atoms with Crippen molar-refractivity contribution in [2.24, 2.45) is 5.92 Å². The molecule has 2 saturated heterocycles. The summed E-state index contributed by atoms with van der Waals surface area (Å²) in [6.45, 7) is 5.72. The van der Waals surface area contributed by atoms with Crippen molar-refractivity contribution in [2.45, 2.75) is 38.6 Å². The van der Waals surface area contributed by atoms with Gasteiger partial charge in [0.05, 0.1) is 0 Å². The van der Waals surface area contributed by atoms with Crippen LogP contribution in [0.15, 0.2) is 42.5 Å². The molecule has 0 aliphatic carbocycles. The third-order valence-electron chi connectivity index (χ3n) is 7.45. The number of rotatable bonds is 7. The van der Waals surface area contributed by atoms with Gasteiger partial charge in [-0.05, 0) is 76.0 Å². The molecule has 0 unspecified atom stereocenters. The number of nitrogens with zero attached hydrogens (tertiary/aromatic N) is 3. The van der Waals surface area contributed by atoms with Crippen molar-refractivity contribution >= 4 is 17.8 Å². The van der Waals surface area contributed by atoms with Gasteiger partial charge in [-0.25, -0.2) is 9.18 Å². The molecule has 36 heavy (non-hydrogen) atoms. The molecule has 0 radical (unpaired) electrons. The van der Waals surface area contributed by atoms with Crippen LogP contribution >= 0.6 is 0 Å². The highest BCUT2D eigenvalue weighted by molar-refractivity contribution is 6.07. The van der Waals surface area contributed by atoms with Gasteiger partial charge in [0, 0.05) is 38.2 Å². The summed E-state index contributed by atoms with van der Waals surface area (Å²) in [5, 5.41) is 3.01. The first kappa shape index (κ1) is 25.8. The van der Waals surface area contributed by atoms with E-state index in [0.29, 0.717) is 43.6 Å². The van der Waals surface area contributed by atoms with E-state index in [1.54, 1.807) is 12.1 Å². The smallest absolute Gasteiger partial charge is 0.325 e.